The molecule has 0 aromatic rings. The molecule has 2 aliphatic rings. The number of amides is 1. The number of allylic oxidation sites excluding steroid dienone is 2. The topological polar surface area (TPSA) is 64.6 Å². The Morgan fingerprint density at radius 1 is 1.48 bits per heavy atom. The van der Waals surface area contributed by atoms with Gasteiger partial charge in [-0.15, -0.1) is 0 Å². The van der Waals surface area contributed by atoms with Gasteiger partial charge in [0.05, 0.1) is 0 Å². The van der Waals surface area contributed by atoms with Crippen molar-refractivity contribution in [1.29, 1.82) is 0 Å². The lowest BCUT2D eigenvalue weighted by molar-refractivity contribution is -0.137. The van der Waals surface area contributed by atoms with Crippen LogP contribution in [0.5, 0.6) is 0 Å². The van der Waals surface area contributed by atoms with Crippen molar-refractivity contribution in [2.45, 2.75) is 45.6 Å². The standard InChI is InChI=1S/C18H25NO4/c1-4-19-18(21)22-11-14-7-5-6-12(2)10-16-15(9-8-14)13(3)17(20)23-16/h7,10,15-16H,3-6,8-9,11H2,1-2H3,(H,19,21)/t15-,16+/m0/s1. The molecule has 1 aliphatic heterocycles. The summed E-state index contributed by atoms with van der Waals surface area (Å²) >= 11 is 0. The van der Waals surface area contributed by atoms with Crippen LogP contribution in [0.3, 0.4) is 0 Å². The first-order chi connectivity index (χ1) is 11.0. The molecule has 0 unspecified atom stereocenters. The highest BCUT2D eigenvalue weighted by Crippen LogP contribution is 2.34. The van der Waals surface area contributed by atoms with E-state index in [-0.39, 0.29) is 24.6 Å². The third-order valence-electron chi connectivity index (χ3n) is 4.26. The van der Waals surface area contributed by atoms with Gasteiger partial charge in [0.2, 0.25) is 0 Å². The Morgan fingerprint density at radius 2 is 2.26 bits per heavy atom. The number of carbonyl (C=O) groups excluding carboxylic acids is 2. The maximum Gasteiger partial charge on any atom is 0.407 e. The van der Waals surface area contributed by atoms with E-state index >= 15 is 0 Å². The van der Waals surface area contributed by atoms with Crippen LogP contribution in [0.25, 0.3) is 0 Å². The summed E-state index contributed by atoms with van der Waals surface area (Å²) in [6.45, 7) is 8.60. The number of hydrogen-bond donors (Lipinski definition) is 1. The third kappa shape index (κ3) is 4.71. The molecule has 23 heavy (non-hydrogen) atoms. The van der Waals surface area contributed by atoms with Gasteiger partial charge < -0.3 is 14.8 Å². The highest BCUT2D eigenvalue weighted by molar-refractivity contribution is 5.91. The average molecular weight is 319 g/mol. The molecule has 5 heteroatoms. The number of hydrogen-bond acceptors (Lipinski definition) is 4. The molecule has 1 saturated heterocycles. The molecule has 1 heterocycles. The average Bonchev–Trinajstić information content (AvgIpc) is 2.76. The van der Waals surface area contributed by atoms with Gasteiger partial charge in [-0.3, -0.25) is 0 Å². The smallest absolute Gasteiger partial charge is 0.407 e. The summed E-state index contributed by atoms with van der Waals surface area (Å²) in [6.07, 6.45) is 6.90. The molecule has 126 valence electrons. The molecule has 0 saturated carbocycles. The molecule has 0 bridgehead atoms. The van der Waals surface area contributed by atoms with Crippen LogP contribution in [-0.2, 0) is 14.3 Å². The lowest BCUT2D eigenvalue weighted by Gasteiger charge is -2.18. The van der Waals surface area contributed by atoms with Gasteiger partial charge in [-0.1, -0.05) is 18.2 Å². The van der Waals surface area contributed by atoms with E-state index in [2.05, 4.69) is 18.0 Å². The predicted molar refractivity (Wildman–Crippen MR) is 87.8 cm³/mol. The zero-order valence-electron chi connectivity index (χ0n) is 13.9. The van der Waals surface area contributed by atoms with Crippen LogP contribution in [0, 0.1) is 5.92 Å². The first-order valence-electron chi connectivity index (χ1n) is 8.16. The fraction of sp³-hybridized carbons (Fsp3) is 0.556. The number of rotatable bonds is 3. The number of nitrogens with one attached hydrogen (secondary N) is 1. The Morgan fingerprint density at radius 3 is 3.00 bits per heavy atom. The first kappa shape index (κ1) is 17.3. The van der Waals surface area contributed by atoms with E-state index in [1.54, 1.807) is 0 Å². The summed E-state index contributed by atoms with van der Waals surface area (Å²) in [6, 6.07) is 0. The quantitative estimate of drug-likeness (QED) is 0.492. The summed E-state index contributed by atoms with van der Waals surface area (Å²) in [5.74, 6) is -0.296. The Labute approximate surface area is 137 Å². The van der Waals surface area contributed by atoms with Crippen molar-refractivity contribution in [3.05, 3.63) is 35.5 Å². The molecule has 1 amide bonds. The monoisotopic (exact) mass is 319 g/mol. The van der Waals surface area contributed by atoms with Crippen molar-refractivity contribution in [3.63, 3.8) is 0 Å². The van der Waals surface area contributed by atoms with Crippen molar-refractivity contribution in [1.82, 2.24) is 5.32 Å². The molecule has 1 aliphatic carbocycles. The molecular formula is C18H25NO4. The van der Waals surface area contributed by atoms with Gasteiger partial charge in [0, 0.05) is 18.0 Å². The minimum atomic E-state index is -0.400. The Balaban J connectivity index is 2.04. The number of fused-ring (bicyclic) bond motifs is 1. The minimum absolute atomic E-state index is 0.00317. The normalized spacial score (nSPS) is 25.0. The summed E-state index contributed by atoms with van der Waals surface area (Å²) in [7, 11) is 0. The third-order valence-corrected chi connectivity index (χ3v) is 4.26. The van der Waals surface area contributed by atoms with Gasteiger partial charge in [-0.05, 0) is 51.2 Å². The van der Waals surface area contributed by atoms with Crippen molar-refractivity contribution in [2.75, 3.05) is 13.2 Å². The number of ether oxygens (including phenoxy) is 2. The SMILES string of the molecule is C=C1C(=O)O[C@@H]2C=C(C)CCC=C(COC(=O)NCC)CC[C@@H]12. The second kappa shape index (κ2) is 7.99. The first-order valence-corrected chi connectivity index (χ1v) is 8.16. The van der Waals surface area contributed by atoms with Gasteiger partial charge in [-0.25, -0.2) is 9.59 Å². The van der Waals surface area contributed by atoms with E-state index in [1.165, 1.54) is 5.57 Å². The van der Waals surface area contributed by atoms with Crippen LogP contribution in [0.4, 0.5) is 4.79 Å². The van der Waals surface area contributed by atoms with E-state index in [1.807, 2.05) is 19.9 Å². The van der Waals surface area contributed by atoms with E-state index in [0.717, 1.165) is 31.3 Å². The number of esters is 1. The largest absolute Gasteiger partial charge is 0.454 e. The molecule has 0 aromatic carbocycles. The Bertz CT molecular complexity index is 547. The fourth-order valence-electron chi connectivity index (χ4n) is 2.92. The Kier molecular flexibility index (Phi) is 6.02. The van der Waals surface area contributed by atoms with Crippen molar-refractivity contribution in [3.8, 4) is 0 Å². The van der Waals surface area contributed by atoms with Crippen LogP contribution in [0.2, 0.25) is 0 Å². The van der Waals surface area contributed by atoms with E-state index in [4.69, 9.17) is 9.47 Å². The number of carbonyl (C=O) groups is 2. The molecule has 5 nitrogen and oxygen atoms in total. The van der Waals surface area contributed by atoms with Crippen LogP contribution >= 0.6 is 0 Å². The van der Waals surface area contributed by atoms with E-state index in [0.29, 0.717) is 12.1 Å². The van der Waals surface area contributed by atoms with Gasteiger partial charge in [-0.2, -0.15) is 0 Å². The van der Waals surface area contributed by atoms with Crippen molar-refractivity contribution in [2.24, 2.45) is 5.92 Å². The molecule has 2 atom stereocenters. The van der Waals surface area contributed by atoms with Crippen molar-refractivity contribution < 1.29 is 19.1 Å². The minimum Gasteiger partial charge on any atom is -0.454 e. The van der Waals surface area contributed by atoms with Crippen LogP contribution < -0.4 is 5.32 Å². The second-order valence-electron chi connectivity index (χ2n) is 6.06. The van der Waals surface area contributed by atoms with E-state index in [9.17, 15) is 9.59 Å². The lowest BCUT2D eigenvalue weighted by Crippen LogP contribution is -2.24. The van der Waals surface area contributed by atoms with Crippen molar-refractivity contribution >= 4 is 12.1 Å². The summed E-state index contributed by atoms with van der Waals surface area (Å²) in [4.78, 5) is 23.2. The van der Waals surface area contributed by atoms with Crippen LogP contribution in [-0.4, -0.2) is 31.3 Å². The summed E-state index contributed by atoms with van der Waals surface area (Å²) < 4.78 is 10.6. The van der Waals surface area contributed by atoms with Gasteiger partial charge >= 0.3 is 12.1 Å². The predicted octanol–water partition coefficient (Wildman–Crippen LogP) is 3.28. The highest BCUT2D eigenvalue weighted by Gasteiger charge is 2.37. The Hall–Kier alpha value is -2.04. The molecule has 0 spiro atoms. The summed E-state index contributed by atoms with van der Waals surface area (Å²) in [5.41, 5.74) is 2.82. The molecule has 2 rings (SSSR count). The maximum atomic E-state index is 11.8. The fourth-order valence-corrected chi connectivity index (χ4v) is 2.92. The van der Waals surface area contributed by atoms with Crippen LogP contribution in [0.1, 0.15) is 39.5 Å². The number of alkyl carbamates (subject to hydrolysis) is 1. The lowest BCUT2D eigenvalue weighted by atomic mass is 9.88. The summed E-state index contributed by atoms with van der Waals surface area (Å²) in [5, 5.41) is 2.62. The van der Waals surface area contributed by atoms with Gasteiger partial charge in [0.15, 0.2) is 0 Å². The zero-order chi connectivity index (χ0) is 16.8. The van der Waals surface area contributed by atoms with Gasteiger partial charge in [0.25, 0.3) is 0 Å². The van der Waals surface area contributed by atoms with Gasteiger partial charge in [0.1, 0.15) is 12.7 Å². The van der Waals surface area contributed by atoms with Crippen LogP contribution in [0.15, 0.2) is 35.5 Å². The second-order valence-corrected chi connectivity index (χ2v) is 6.06. The zero-order valence-corrected chi connectivity index (χ0v) is 13.9. The molecule has 1 N–H and O–H groups in total. The van der Waals surface area contributed by atoms with E-state index < -0.39 is 6.09 Å². The molecule has 1 fully saturated rings. The highest BCUT2D eigenvalue weighted by atomic mass is 16.6. The maximum absolute atomic E-state index is 11.8. The molecule has 0 radical (unpaired) electrons. The molecular weight excluding hydrogens is 294 g/mol. The molecule has 0 aromatic heterocycles.